The van der Waals surface area contributed by atoms with Crippen LogP contribution in [-0.4, -0.2) is 28.9 Å². The molecule has 1 aromatic carbocycles. The van der Waals surface area contributed by atoms with E-state index in [4.69, 9.17) is 4.74 Å². The Labute approximate surface area is 260 Å². The van der Waals surface area contributed by atoms with Crippen molar-refractivity contribution in [2.75, 3.05) is 6.61 Å². The summed E-state index contributed by atoms with van der Waals surface area (Å²) in [5, 5.41) is 20.3. The van der Waals surface area contributed by atoms with Crippen LogP contribution in [0.3, 0.4) is 0 Å². The summed E-state index contributed by atoms with van der Waals surface area (Å²) in [6.07, 6.45) is 15.0. The lowest BCUT2D eigenvalue weighted by Crippen LogP contribution is -2.67. The number of phenolic OH excluding ortho intramolecular Hbond substituents is 1. The quantitative estimate of drug-likeness (QED) is 0.205. The Morgan fingerprint density at radius 2 is 1.63 bits per heavy atom. The second-order valence-electron chi connectivity index (χ2n) is 16.9. The Morgan fingerprint density at radius 3 is 2.30 bits per heavy atom. The monoisotopic (exact) mass is 588 g/mol. The van der Waals surface area contributed by atoms with Crippen molar-refractivity contribution in [2.45, 2.75) is 112 Å². The van der Waals surface area contributed by atoms with E-state index in [1.807, 2.05) is 0 Å². The van der Waals surface area contributed by atoms with Crippen LogP contribution in [0.5, 0.6) is 5.75 Å². The van der Waals surface area contributed by atoms with Gasteiger partial charge in [-0.05, 0) is 146 Å². The second-order valence-corrected chi connectivity index (χ2v) is 16.9. The van der Waals surface area contributed by atoms with Crippen LogP contribution in [0.15, 0.2) is 42.5 Å². The summed E-state index contributed by atoms with van der Waals surface area (Å²) in [7, 11) is 0. The van der Waals surface area contributed by atoms with E-state index in [9.17, 15) is 15.0 Å². The molecule has 0 heterocycles. The van der Waals surface area contributed by atoms with E-state index >= 15 is 0 Å². The van der Waals surface area contributed by atoms with Crippen molar-refractivity contribution in [1.82, 2.24) is 0 Å². The molecule has 5 aliphatic rings. The zero-order chi connectivity index (χ0) is 31.0. The fourth-order valence-corrected chi connectivity index (χ4v) is 12.7. The number of carbonyl (C=O) groups is 1. The smallest absolute Gasteiger partial charge is 0.331 e. The van der Waals surface area contributed by atoms with Gasteiger partial charge in [-0.1, -0.05) is 58.9 Å². The van der Waals surface area contributed by atoms with Gasteiger partial charge in [0, 0.05) is 18.1 Å². The number of aliphatic hydroxyl groups is 1. The number of hydrogen-bond donors (Lipinski definition) is 2. The summed E-state index contributed by atoms with van der Waals surface area (Å²) in [5.41, 5.74) is 2.98. The average molecular weight is 589 g/mol. The average Bonchev–Trinajstić information content (AvgIpc) is 3.35. The molecule has 0 spiro atoms. The Morgan fingerprint density at radius 1 is 0.907 bits per heavy atom. The van der Waals surface area contributed by atoms with E-state index in [1.165, 1.54) is 50.2 Å². The van der Waals surface area contributed by atoms with Gasteiger partial charge in [0.05, 0.1) is 0 Å². The van der Waals surface area contributed by atoms with Gasteiger partial charge < -0.3 is 14.9 Å². The molecule has 0 unspecified atom stereocenters. The van der Waals surface area contributed by atoms with Crippen LogP contribution in [0.4, 0.5) is 0 Å². The number of ether oxygens (including phenoxy) is 1. The number of phenols is 1. The van der Waals surface area contributed by atoms with E-state index in [2.05, 4.69) is 48.1 Å². The van der Waals surface area contributed by atoms with Crippen molar-refractivity contribution in [3.63, 3.8) is 0 Å². The lowest BCUT2D eigenvalue weighted by molar-refractivity contribution is -0.251. The molecule has 0 radical (unpaired) electrons. The molecular weight excluding hydrogens is 532 g/mol. The van der Waals surface area contributed by atoms with Crippen LogP contribution in [0.2, 0.25) is 0 Å². The third-order valence-corrected chi connectivity index (χ3v) is 15.1. The Balaban J connectivity index is 1.23. The highest BCUT2D eigenvalue weighted by atomic mass is 16.5. The molecule has 0 aromatic heterocycles. The predicted molar refractivity (Wildman–Crippen MR) is 173 cm³/mol. The number of aliphatic hydroxyl groups excluding tert-OH is 1. The first kappa shape index (κ1) is 30.9. The number of benzene rings is 1. The first-order chi connectivity index (χ1) is 20.2. The minimum Gasteiger partial charge on any atom is -0.508 e. The maximum atomic E-state index is 13.0. The van der Waals surface area contributed by atoms with Gasteiger partial charge >= 0.3 is 5.97 Å². The summed E-state index contributed by atoms with van der Waals surface area (Å²) in [5.74, 6) is 2.90. The predicted octanol–water partition coefficient (Wildman–Crippen LogP) is 8.97. The standard InChI is InChI=1S/C39H56O4/c1-25(2)28-16-21-39(24-40)23-22-37(6)29(34(28)39)13-14-31-36(5)19-18-32(35(3,4)30(36)17-20-38(31,37)7)43-33(42)15-10-26-8-11-27(41)12-9-26/h8-12,15,28-32,34,40-41H,1,13-14,16-24H2,2-7H3/b15-10+/t28-,29+,30-,31+,32-,34+,36-,37+,38+,39+/m0/s1. The lowest BCUT2D eigenvalue weighted by Gasteiger charge is -2.73. The summed E-state index contributed by atoms with van der Waals surface area (Å²) in [6.45, 7) is 19.7. The molecule has 236 valence electrons. The first-order valence-corrected chi connectivity index (χ1v) is 17.2. The maximum absolute atomic E-state index is 13.0. The zero-order valence-corrected chi connectivity index (χ0v) is 27.6. The van der Waals surface area contributed by atoms with Gasteiger partial charge in [-0.25, -0.2) is 4.79 Å². The van der Waals surface area contributed by atoms with Crippen LogP contribution in [0, 0.1) is 56.7 Å². The van der Waals surface area contributed by atoms with Gasteiger partial charge in [0.2, 0.25) is 0 Å². The van der Waals surface area contributed by atoms with Gasteiger partial charge in [-0.15, -0.1) is 0 Å². The summed E-state index contributed by atoms with van der Waals surface area (Å²) in [6, 6.07) is 6.85. The van der Waals surface area contributed by atoms with Crippen LogP contribution in [-0.2, 0) is 9.53 Å². The number of rotatable bonds is 5. The van der Waals surface area contributed by atoms with Crippen molar-refractivity contribution >= 4 is 12.0 Å². The number of allylic oxidation sites excluding steroid dienone is 1. The van der Waals surface area contributed by atoms with E-state index in [0.717, 1.165) is 31.2 Å². The minimum absolute atomic E-state index is 0.0894. The molecule has 1 aromatic rings. The van der Waals surface area contributed by atoms with E-state index in [0.29, 0.717) is 36.2 Å². The highest BCUT2D eigenvalue weighted by Gasteiger charge is 2.71. The number of esters is 1. The largest absolute Gasteiger partial charge is 0.508 e. The van der Waals surface area contributed by atoms with Crippen molar-refractivity contribution in [3.05, 3.63) is 48.1 Å². The molecule has 0 saturated heterocycles. The minimum atomic E-state index is -0.276. The molecule has 5 aliphatic carbocycles. The van der Waals surface area contributed by atoms with Gasteiger partial charge in [0.25, 0.3) is 0 Å². The van der Waals surface area contributed by atoms with Crippen molar-refractivity contribution < 1.29 is 19.7 Å². The molecule has 0 amide bonds. The van der Waals surface area contributed by atoms with E-state index in [-0.39, 0.29) is 44.9 Å². The molecule has 5 saturated carbocycles. The molecule has 10 atom stereocenters. The Bertz CT molecular complexity index is 1280. The SMILES string of the molecule is C=C(C)[C@@H]1CC[C@]2(CO)CC[C@]3(C)[C@H](CC[C@@H]4[C@@]5(C)CC[C@H](OC(=O)/C=C/c6ccc(O)cc6)C(C)(C)[C@@H]5CC[C@]43C)[C@@H]12. The fourth-order valence-electron chi connectivity index (χ4n) is 12.7. The van der Waals surface area contributed by atoms with Crippen LogP contribution < -0.4 is 0 Å². The van der Waals surface area contributed by atoms with Gasteiger partial charge in [0.15, 0.2) is 0 Å². The van der Waals surface area contributed by atoms with Gasteiger partial charge in [-0.3, -0.25) is 0 Å². The third kappa shape index (κ3) is 4.50. The maximum Gasteiger partial charge on any atom is 0.331 e. The molecule has 5 fully saturated rings. The van der Waals surface area contributed by atoms with E-state index < -0.39 is 0 Å². The van der Waals surface area contributed by atoms with Gasteiger partial charge in [-0.2, -0.15) is 0 Å². The van der Waals surface area contributed by atoms with Crippen LogP contribution in [0.25, 0.3) is 6.08 Å². The Hall–Kier alpha value is -2.07. The number of aromatic hydroxyl groups is 1. The van der Waals surface area contributed by atoms with E-state index in [1.54, 1.807) is 30.3 Å². The second kappa shape index (κ2) is 10.5. The lowest BCUT2D eigenvalue weighted by atomic mass is 9.32. The van der Waals surface area contributed by atoms with Gasteiger partial charge in [0.1, 0.15) is 11.9 Å². The third-order valence-electron chi connectivity index (χ3n) is 15.1. The number of hydrogen-bond acceptors (Lipinski definition) is 4. The van der Waals surface area contributed by atoms with Crippen molar-refractivity contribution in [2.24, 2.45) is 56.7 Å². The highest BCUT2D eigenvalue weighted by Crippen LogP contribution is 2.77. The molecular formula is C39H56O4. The highest BCUT2D eigenvalue weighted by molar-refractivity contribution is 5.87. The molecule has 4 heteroatoms. The molecule has 0 aliphatic heterocycles. The molecule has 4 nitrogen and oxygen atoms in total. The molecule has 6 rings (SSSR count). The number of fused-ring (bicyclic) bond motifs is 7. The summed E-state index contributed by atoms with van der Waals surface area (Å²) in [4.78, 5) is 13.0. The normalized spacial score (nSPS) is 45.0. The topological polar surface area (TPSA) is 66.8 Å². The molecule has 43 heavy (non-hydrogen) atoms. The van der Waals surface area contributed by atoms with Crippen LogP contribution >= 0.6 is 0 Å². The van der Waals surface area contributed by atoms with Crippen LogP contribution in [0.1, 0.15) is 111 Å². The molecule has 2 N–H and O–H groups in total. The summed E-state index contributed by atoms with van der Waals surface area (Å²) < 4.78 is 6.21. The Kier molecular flexibility index (Phi) is 7.55. The first-order valence-electron chi connectivity index (χ1n) is 17.2. The summed E-state index contributed by atoms with van der Waals surface area (Å²) >= 11 is 0. The van der Waals surface area contributed by atoms with Crippen molar-refractivity contribution in [1.29, 1.82) is 0 Å². The fraction of sp³-hybridized carbons (Fsp3) is 0.718. The molecule has 0 bridgehead atoms. The van der Waals surface area contributed by atoms with Crippen molar-refractivity contribution in [3.8, 4) is 5.75 Å². The zero-order valence-electron chi connectivity index (χ0n) is 27.6. The number of carbonyl (C=O) groups excluding carboxylic acids is 1.